The van der Waals surface area contributed by atoms with Crippen LogP contribution in [0.5, 0.6) is 0 Å². The maximum atomic E-state index is 12.8. The molecule has 2 aromatic rings. The minimum atomic E-state index is 0. The molecule has 4 rings (SSSR count). The number of piperidine rings is 1. The predicted octanol–water partition coefficient (Wildman–Crippen LogP) is 2.82. The van der Waals surface area contributed by atoms with Crippen LogP contribution in [-0.2, 0) is 0 Å². The molecule has 2 saturated heterocycles. The Morgan fingerprint density at radius 2 is 1.88 bits per heavy atom. The van der Waals surface area contributed by atoms with Crippen molar-refractivity contribution in [3.63, 3.8) is 0 Å². The van der Waals surface area contributed by atoms with E-state index in [1.807, 2.05) is 52.9 Å². The van der Waals surface area contributed by atoms with Gasteiger partial charge in [-0.3, -0.25) is 4.79 Å². The summed E-state index contributed by atoms with van der Waals surface area (Å²) in [5, 5.41) is 8.03. The first kappa shape index (κ1) is 18.0. The molecule has 134 valence electrons. The molecule has 0 atom stereocenters. The Morgan fingerprint density at radius 1 is 1.16 bits per heavy atom. The van der Waals surface area contributed by atoms with Crippen LogP contribution in [0.15, 0.2) is 36.4 Å². The lowest BCUT2D eigenvalue weighted by atomic mass is 9.78. The largest absolute Gasteiger partial charge is 0.337 e. The number of likely N-dealkylation sites (tertiary alicyclic amines) is 1. The molecule has 1 N–H and O–H groups in total. The fourth-order valence-electron chi connectivity index (χ4n) is 3.98. The van der Waals surface area contributed by atoms with Gasteiger partial charge in [-0.2, -0.15) is 5.10 Å². The van der Waals surface area contributed by atoms with E-state index in [1.54, 1.807) is 0 Å². The lowest BCUT2D eigenvalue weighted by Gasteiger charge is -2.38. The van der Waals surface area contributed by atoms with Crippen LogP contribution in [0.4, 0.5) is 0 Å². The molecule has 0 saturated carbocycles. The molecule has 5 nitrogen and oxygen atoms in total. The van der Waals surface area contributed by atoms with E-state index in [-0.39, 0.29) is 18.3 Å². The van der Waals surface area contributed by atoms with Crippen LogP contribution in [-0.4, -0.2) is 46.8 Å². The van der Waals surface area contributed by atoms with Gasteiger partial charge in [-0.15, -0.1) is 12.4 Å². The predicted molar refractivity (Wildman–Crippen MR) is 101 cm³/mol. The van der Waals surface area contributed by atoms with Gasteiger partial charge >= 0.3 is 0 Å². The van der Waals surface area contributed by atoms with Gasteiger partial charge in [0.15, 0.2) is 5.69 Å². The van der Waals surface area contributed by atoms with E-state index < -0.39 is 0 Å². The molecule has 3 heterocycles. The molecule has 6 heteroatoms. The van der Waals surface area contributed by atoms with E-state index in [0.29, 0.717) is 11.1 Å². The number of aromatic nitrogens is 2. The molecule has 2 fully saturated rings. The van der Waals surface area contributed by atoms with Crippen LogP contribution in [0.3, 0.4) is 0 Å². The van der Waals surface area contributed by atoms with Crippen molar-refractivity contribution >= 4 is 18.3 Å². The number of halogens is 1. The lowest BCUT2D eigenvalue weighted by molar-refractivity contribution is 0.0601. The first-order valence-electron chi connectivity index (χ1n) is 8.79. The van der Waals surface area contributed by atoms with Crippen molar-refractivity contribution in [1.29, 1.82) is 0 Å². The quantitative estimate of drug-likeness (QED) is 0.896. The van der Waals surface area contributed by atoms with E-state index in [0.717, 1.165) is 50.4 Å². The summed E-state index contributed by atoms with van der Waals surface area (Å²) in [6.45, 7) is 5.91. The van der Waals surface area contributed by atoms with Crippen LogP contribution in [0.1, 0.15) is 35.4 Å². The number of hydrogen-bond acceptors (Lipinski definition) is 3. The van der Waals surface area contributed by atoms with Gasteiger partial charge in [0, 0.05) is 25.3 Å². The normalized spacial score (nSPS) is 19.0. The monoisotopic (exact) mass is 360 g/mol. The Balaban J connectivity index is 0.00000182. The second-order valence-corrected chi connectivity index (χ2v) is 7.14. The zero-order valence-corrected chi connectivity index (χ0v) is 15.4. The van der Waals surface area contributed by atoms with Crippen LogP contribution >= 0.6 is 12.4 Å². The number of para-hydroxylation sites is 1. The number of carbonyl (C=O) groups is 1. The van der Waals surface area contributed by atoms with Gasteiger partial charge in [0.1, 0.15) is 0 Å². The zero-order chi connectivity index (χ0) is 16.6. The Hall–Kier alpha value is -1.85. The molecule has 25 heavy (non-hydrogen) atoms. The van der Waals surface area contributed by atoms with Crippen LogP contribution in [0.2, 0.25) is 0 Å². The van der Waals surface area contributed by atoms with Crippen molar-refractivity contribution < 1.29 is 4.79 Å². The van der Waals surface area contributed by atoms with E-state index in [1.165, 1.54) is 6.42 Å². The van der Waals surface area contributed by atoms with Gasteiger partial charge in [0.25, 0.3) is 5.91 Å². The summed E-state index contributed by atoms with van der Waals surface area (Å²) in [4.78, 5) is 14.8. The highest BCUT2D eigenvalue weighted by molar-refractivity contribution is 5.92. The summed E-state index contributed by atoms with van der Waals surface area (Å²) in [7, 11) is 0. The second kappa shape index (κ2) is 7.18. The van der Waals surface area contributed by atoms with Crippen molar-refractivity contribution in [2.24, 2.45) is 5.41 Å². The SMILES string of the molecule is Cc1cc(C(=O)N2CCC3(CCNC3)CC2)nn1-c1ccccc1.Cl. The Morgan fingerprint density at radius 3 is 2.52 bits per heavy atom. The Labute approximate surface area is 154 Å². The number of amides is 1. The second-order valence-electron chi connectivity index (χ2n) is 7.14. The summed E-state index contributed by atoms with van der Waals surface area (Å²) in [6, 6.07) is 11.9. The fourth-order valence-corrected chi connectivity index (χ4v) is 3.98. The average molecular weight is 361 g/mol. The van der Waals surface area contributed by atoms with Crippen molar-refractivity contribution in [3.8, 4) is 5.69 Å². The van der Waals surface area contributed by atoms with Crippen LogP contribution in [0.25, 0.3) is 5.69 Å². The van der Waals surface area contributed by atoms with E-state index in [2.05, 4.69) is 10.4 Å². The summed E-state index contributed by atoms with van der Waals surface area (Å²) in [5.41, 5.74) is 2.95. The third-order valence-electron chi connectivity index (χ3n) is 5.55. The Bertz CT molecular complexity index is 727. The van der Waals surface area contributed by atoms with Crippen molar-refractivity contribution in [1.82, 2.24) is 20.0 Å². The number of aryl methyl sites for hydroxylation is 1. The third-order valence-corrected chi connectivity index (χ3v) is 5.55. The molecular formula is C19H25ClN4O. The number of rotatable bonds is 2. The van der Waals surface area contributed by atoms with E-state index in [4.69, 9.17) is 0 Å². The fraction of sp³-hybridized carbons (Fsp3) is 0.474. The zero-order valence-electron chi connectivity index (χ0n) is 14.6. The van der Waals surface area contributed by atoms with Crippen molar-refractivity contribution in [3.05, 3.63) is 47.8 Å². The molecule has 0 unspecified atom stereocenters. The highest BCUT2D eigenvalue weighted by Crippen LogP contribution is 2.37. The van der Waals surface area contributed by atoms with Crippen LogP contribution < -0.4 is 5.32 Å². The standard InChI is InChI=1S/C19H24N4O.ClH/c1-15-13-17(21-23(15)16-5-3-2-4-6-16)18(24)22-11-8-19(9-12-22)7-10-20-14-19;/h2-6,13,20H,7-12,14H2,1H3;1H. The number of nitrogens with one attached hydrogen (secondary N) is 1. The molecule has 1 spiro atoms. The molecular weight excluding hydrogens is 336 g/mol. The molecule has 0 aliphatic carbocycles. The number of nitrogens with zero attached hydrogens (tertiary/aromatic N) is 3. The molecule has 1 aromatic carbocycles. The van der Waals surface area contributed by atoms with Crippen molar-refractivity contribution in [2.75, 3.05) is 26.2 Å². The number of carbonyl (C=O) groups excluding carboxylic acids is 1. The van der Waals surface area contributed by atoms with Gasteiger partial charge in [0.2, 0.25) is 0 Å². The summed E-state index contributed by atoms with van der Waals surface area (Å²) in [6.07, 6.45) is 3.45. The lowest BCUT2D eigenvalue weighted by Crippen LogP contribution is -2.44. The van der Waals surface area contributed by atoms with Gasteiger partial charge in [-0.25, -0.2) is 4.68 Å². The third kappa shape index (κ3) is 3.44. The maximum absolute atomic E-state index is 12.8. The van der Waals surface area contributed by atoms with Gasteiger partial charge in [-0.05, 0) is 56.3 Å². The molecule has 0 radical (unpaired) electrons. The highest BCUT2D eigenvalue weighted by Gasteiger charge is 2.38. The average Bonchev–Trinajstić information content (AvgIpc) is 3.23. The van der Waals surface area contributed by atoms with Gasteiger partial charge < -0.3 is 10.2 Å². The summed E-state index contributed by atoms with van der Waals surface area (Å²) >= 11 is 0. The first-order valence-corrected chi connectivity index (χ1v) is 8.79. The van der Waals surface area contributed by atoms with E-state index in [9.17, 15) is 4.79 Å². The van der Waals surface area contributed by atoms with Crippen molar-refractivity contribution in [2.45, 2.75) is 26.2 Å². The molecule has 1 aromatic heterocycles. The molecule has 1 amide bonds. The first-order chi connectivity index (χ1) is 11.7. The molecule has 2 aliphatic rings. The molecule has 0 bridgehead atoms. The maximum Gasteiger partial charge on any atom is 0.274 e. The van der Waals surface area contributed by atoms with Crippen LogP contribution in [0, 0.1) is 12.3 Å². The van der Waals surface area contributed by atoms with E-state index >= 15 is 0 Å². The highest BCUT2D eigenvalue weighted by atomic mass is 35.5. The number of benzene rings is 1. The Kier molecular flexibility index (Phi) is 5.16. The minimum absolute atomic E-state index is 0. The summed E-state index contributed by atoms with van der Waals surface area (Å²) < 4.78 is 1.85. The van der Waals surface area contributed by atoms with Gasteiger partial charge in [0.05, 0.1) is 5.69 Å². The molecule has 2 aliphatic heterocycles. The smallest absolute Gasteiger partial charge is 0.274 e. The topological polar surface area (TPSA) is 50.2 Å². The summed E-state index contributed by atoms with van der Waals surface area (Å²) in [5.74, 6) is 0.0635. The van der Waals surface area contributed by atoms with Gasteiger partial charge in [-0.1, -0.05) is 18.2 Å². The minimum Gasteiger partial charge on any atom is -0.337 e. The number of hydrogen-bond donors (Lipinski definition) is 1.